The molecule has 0 aliphatic rings. The molecule has 8 heteroatoms. The quantitative estimate of drug-likeness (QED) is 0.839. The highest BCUT2D eigenvalue weighted by atomic mass is 19.4. The number of nitrogens with zero attached hydrogens (tertiary/aromatic N) is 3. The summed E-state index contributed by atoms with van der Waals surface area (Å²) >= 11 is 0. The fourth-order valence-corrected chi connectivity index (χ4v) is 1.54. The minimum absolute atomic E-state index is 0.0786. The summed E-state index contributed by atoms with van der Waals surface area (Å²) in [6, 6.07) is 1.70. The number of amides is 1. The maximum absolute atomic E-state index is 12.7. The van der Waals surface area contributed by atoms with Crippen LogP contribution in [0.3, 0.4) is 0 Å². The maximum atomic E-state index is 12.7. The van der Waals surface area contributed by atoms with Gasteiger partial charge in [0.1, 0.15) is 5.82 Å². The van der Waals surface area contributed by atoms with Crippen LogP contribution in [0.5, 0.6) is 0 Å². The summed E-state index contributed by atoms with van der Waals surface area (Å²) in [5.41, 5.74) is -0.855. The molecule has 0 fully saturated rings. The van der Waals surface area contributed by atoms with E-state index in [-0.39, 0.29) is 19.0 Å². The van der Waals surface area contributed by atoms with Crippen molar-refractivity contribution in [3.05, 3.63) is 23.9 Å². The van der Waals surface area contributed by atoms with Crippen LogP contribution in [0, 0.1) is 0 Å². The number of alkyl halides is 3. The third kappa shape index (κ3) is 5.22. The highest BCUT2D eigenvalue weighted by molar-refractivity contribution is 5.86. The number of rotatable bonds is 5. The lowest BCUT2D eigenvalue weighted by Gasteiger charge is -2.23. The van der Waals surface area contributed by atoms with Crippen molar-refractivity contribution >= 4 is 11.9 Å². The maximum Gasteiger partial charge on any atom is 0.416 e. The Hall–Kier alpha value is -1.83. The number of likely N-dealkylation sites (N-methyl/N-ethyl adjacent to an activating group) is 1. The van der Waals surface area contributed by atoms with E-state index in [1.165, 1.54) is 0 Å². The van der Waals surface area contributed by atoms with Crippen molar-refractivity contribution in [1.29, 1.82) is 0 Å². The minimum atomic E-state index is -4.49. The van der Waals surface area contributed by atoms with Gasteiger partial charge < -0.3 is 9.64 Å². The Kier molecular flexibility index (Phi) is 5.95. The van der Waals surface area contributed by atoms with Crippen LogP contribution in [0.2, 0.25) is 0 Å². The molecule has 1 amide bonds. The van der Waals surface area contributed by atoms with Gasteiger partial charge in [0, 0.05) is 19.3 Å². The molecule has 0 saturated carbocycles. The zero-order chi connectivity index (χ0) is 16.0. The fraction of sp³-hybridized carbons (Fsp3) is 0.538. The van der Waals surface area contributed by atoms with Gasteiger partial charge in [0.2, 0.25) is 0 Å². The average Bonchev–Trinajstić information content (AvgIpc) is 2.38. The molecule has 0 atom stereocenters. The molecule has 0 N–H and O–H groups in total. The lowest BCUT2D eigenvalue weighted by molar-refractivity contribution is -0.137. The molecule has 21 heavy (non-hydrogen) atoms. The van der Waals surface area contributed by atoms with E-state index in [1.807, 2.05) is 0 Å². The SMILES string of the molecule is CCOC(=O)N(CCN(C)C)c1cc(C(F)(F)F)ccn1. The van der Waals surface area contributed by atoms with Gasteiger partial charge in [0.15, 0.2) is 0 Å². The Labute approximate surface area is 121 Å². The van der Waals surface area contributed by atoms with E-state index in [0.717, 1.165) is 23.2 Å². The molecule has 0 aliphatic heterocycles. The zero-order valence-electron chi connectivity index (χ0n) is 12.1. The van der Waals surface area contributed by atoms with Gasteiger partial charge in [-0.3, -0.25) is 4.90 Å². The molecule has 0 radical (unpaired) electrons. The van der Waals surface area contributed by atoms with Gasteiger partial charge in [0.25, 0.3) is 0 Å². The van der Waals surface area contributed by atoms with Crippen molar-refractivity contribution in [2.24, 2.45) is 0 Å². The summed E-state index contributed by atoms with van der Waals surface area (Å²) in [4.78, 5) is 18.6. The summed E-state index contributed by atoms with van der Waals surface area (Å²) in [5.74, 6) is -0.0786. The fourth-order valence-electron chi connectivity index (χ4n) is 1.54. The van der Waals surface area contributed by atoms with Crippen LogP contribution < -0.4 is 4.90 Å². The number of hydrogen-bond acceptors (Lipinski definition) is 4. The number of anilines is 1. The second-order valence-electron chi connectivity index (χ2n) is 4.55. The Morgan fingerprint density at radius 2 is 2.00 bits per heavy atom. The lowest BCUT2D eigenvalue weighted by atomic mass is 10.2. The standard InChI is InChI=1S/C13H18F3N3O2/c1-4-21-12(20)19(8-7-18(2)3)11-9-10(5-6-17-11)13(14,15)16/h5-6,9H,4,7-8H2,1-3H3. The number of carbonyl (C=O) groups is 1. The molecular weight excluding hydrogens is 287 g/mol. The lowest BCUT2D eigenvalue weighted by Crippen LogP contribution is -2.37. The van der Waals surface area contributed by atoms with Crippen LogP contribution in [0.15, 0.2) is 18.3 Å². The second kappa shape index (κ2) is 7.26. The second-order valence-corrected chi connectivity index (χ2v) is 4.55. The van der Waals surface area contributed by atoms with Crippen molar-refractivity contribution in [1.82, 2.24) is 9.88 Å². The van der Waals surface area contributed by atoms with E-state index in [4.69, 9.17) is 4.74 Å². The first kappa shape index (κ1) is 17.2. The third-order valence-electron chi connectivity index (χ3n) is 2.61. The average molecular weight is 305 g/mol. The van der Waals surface area contributed by atoms with Crippen molar-refractivity contribution in [3.8, 4) is 0 Å². The minimum Gasteiger partial charge on any atom is -0.449 e. The van der Waals surface area contributed by atoms with E-state index in [2.05, 4.69) is 4.98 Å². The molecule has 0 unspecified atom stereocenters. The summed E-state index contributed by atoms with van der Waals surface area (Å²) in [5, 5.41) is 0. The molecular formula is C13H18F3N3O2. The van der Waals surface area contributed by atoms with Crippen molar-refractivity contribution < 1.29 is 22.7 Å². The highest BCUT2D eigenvalue weighted by Gasteiger charge is 2.32. The molecule has 0 saturated heterocycles. The van der Waals surface area contributed by atoms with Gasteiger partial charge in [0.05, 0.1) is 12.2 Å². The van der Waals surface area contributed by atoms with E-state index < -0.39 is 17.8 Å². The Morgan fingerprint density at radius 3 is 2.52 bits per heavy atom. The summed E-state index contributed by atoms with van der Waals surface area (Å²) in [6.45, 7) is 2.41. The van der Waals surface area contributed by atoms with Gasteiger partial charge in [-0.25, -0.2) is 9.78 Å². The number of aromatic nitrogens is 1. The number of halogens is 3. The van der Waals surface area contributed by atoms with Crippen LogP contribution >= 0.6 is 0 Å². The van der Waals surface area contributed by atoms with Gasteiger partial charge >= 0.3 is 12.3 Å². The number of ether oxygens (including phenoxy) is 1. The first-order valence-corrected chi connectivity index (χ1v) is 6.38. The first-order valence-electron chi connectivity index (χ1n) is 6.38. The monoisotopic (exact) mass is 305 g/mol. The number of hydrogen-bond donors (Lipinski definition) is 0. The van der Waals surface area contributed by atoms with Crippen molar-refractivity contribution in [3.63, 3.8) is 0 Å². The Bertz CT molecular complexity index is 478. The molecule has 118 valence electrons. The number of carbonyl (C=O) groups excluding carboxylic acids is 1. The summed E-state index contributed by atoms with van der Waals surface area (Å²) in [6.07, 6.45) is -4.18. The summed E-state index contributed by atoms with van der Waals surface area (Å²) in [7, 11) is 3.59. The van der Waals surface area contributed by atoms with E-state index in [9.17, 15) is 18.0 Å². The van der Waals surface area contributed by atoms with E-state index >= 15 is 0 Å². The molecule has 0 aromatic carbocycles. The van der Waals surface area contributed by atoms with Gasteiger partial charge in [-0.1, -0.05) is 0 Å². The summed E-state index contributed by atoms with van der Waals surface area (Å²) < 4.78 is 43.0. The molecule has 1 aromatic rings. The molecule has 5 nitrogen and oxygen atoms in total. The topological polar surface area (TPSA) is 45.7 Å². The Balaban J connectivity index is 3.04. The third-order valence-corrected chi connectivity index (χ3v) is 2.61. The predicted octanol–water partition coefficient (Wildman–Crippen LogP) is 2.62. The number of pyridine rings is 1. The Morgan fingerprint density at radius 1 is 1.33 bits per heavy atom. The van der Waals surface area contributed by atoms with Crippen LogP contribution in [-0.4, -0.2) is 49.8 Å². The van der Waals surface area contributed by atoms with Crippen molar-refractivity contribution in [2.75, 3.05) is 38.7 Å². The van der Waals surface area contributed by atoms with Crippen molar-refractivity contribution in [2.45, 2.75) is 13.1 Å². The van der Waals surface area contributed by atoms with E-state index in [0.29, 0.717) is 6.54 Å². The molecule has 1 rings (SSSR count). The normalized spacial score (nSPS) is 11.6. The van der Waals surface area contributed by atoms with E-state index in [1.54, 1.807) is 25.9 Å². The molecule has 1 heterocycles. The first-order chi connectivity index (χ1) is 9.75. The largest absolute Gasteiger partial charge is 0.449 e. The van der Waals surface area contributed by atoms with Crippen LogP contribution in [0.1, 0.15) is 12.5 Å². The van der Waals surface area contributed by atoms with Gasteiger partial charge in [-0.15, -0.1) is 0 Å². The molecule has 1 aromatic heterocycles. The molecule has 0 spiro atoms. The molecule has 0 bridgehead atoms. The van der Waals surface area contributed by atoms with Crippen LogP contribution in [0.4, 0.5) is 23.8 Å². The molecule has 0 aliphatic carbocycles. The highest BCUT2D eigenvalue weighted by Crippen LogP contribution is 2.30. The van der Waals surface area contributed by atoms with Gasteiger partial charge in [-0.2, -0.15) is 13.2 Å². The zero-order valence-corrected chi connectivity index (χ0v) is 12.1. The smallest absolute Gasteiger partial charge is 0.416 e. The van der Waals surface area contributed by atoms with Crippen LogP contribution in [0.25, 0.3) is 0 Å². The van der Waals surface area contributed by atoms with Gasteiger partial charge in [-0.05, 0) is 33.2 Å². The van der Waals surface area contributed by atoms with Crippen LogP contribution in [-0.2, 0) is 10.9 Å². The predicted molar refractivity (Wildman–Crippen MR) is 72.2 cm³/mol.